The zero-order chi connectivity index (χ0) is 10.7. The van der Waals surface area contributed by atoms with Gasteiger partial charge in [0.2, 0.25) is 5.82 Å². The second-order valence-corrected chi connectivity index (χ2v) is 2.74. The summed E-state index contributed by atoms with van der Waals surface area (Å²) in [6.45, 7) is 0.184. The number of hydrogen-bond acceptors (Lipinski definition) is 3. The second-order valence-electron chi connectivity index (χ2n) is 2.74. The van der Waals surface area contributed by atoms with Gasteiger partial charge in [-0.2, -0.15) is 4.39 Å². The largest absolute Gasteiger partial charge is 0.504 e. The molecule has 3 nitrogen and oxygen atoms in total. The number of rotatable bonds is 3. The topological polar surface area (TPSA) is 41.5 Å². The van der Waals surface area contributed by atoms with Crippen LogP contribution in [0.4, 0.5) is 8.78 Å². The minimum absolute atomic E-state index is 0.156. The maximum atomic E-state index is 13.2. The quantitative estimate of drug-likeness (QED) is 0.780. The van der Waals surface area contributed by atoms with Crippen molar-refractivity contribution in [1.29, 1.82) is 0 Å². The van der Waals surface area contributed by atoms with Gasteiger partial charge in [0.05, 0.1) is 7.11 Å². The van der Waals surface area contributed by atoms with Gasteiger partial charge in [-0.25, -0.2) is 4.39 Å². The molecule has 0 saturated heterocycles. The van der Waals surface area contributed by atoms with Crippen molar-refractivity contribution in [2.45, 2.75) is 6.54 Å². The van der Waals surface area contributed by atoms with Crippen LogP contribution in [-0.4, -0.2) is 19.3 Å². The van der Waals surface area contributed by atoms with E-state index in [2.05, 4.69) is 10.1 Å². The summed E-state index contributed by atoms with van der Waals surface area (Å²) in [6.07, 6.45) is 0. The van der Waals surface area contributed by atoms with Crippen molar-refractivity contribution in [1.82, 2.24) is 5.32 Å². The maximum Gasteiger partial charge on any atom is 0.209 e. The number of phenols is 1. The molecular weight excluding hydrogens is 192 g/mol. The number of halogens is 2. The maximum absolute atomic E-state index is 13.2. The summed E-state index contributed by atoms with van der Waals surface area (Å²) in [7, 11) is 2.75. The molecule has 0 fully saturated rings. The van der Waals surface area contributed by atoms with Crippen LogP contribution < -0.4 is 10.1 Å². The molecule has 0 bridgehead atoms. The molecule has 14 heavy (non-hydrogen) atoms. The number of ether oxygens (including phenoxy) is 1. The van der Waals surface area contributed by atoms with Gasteiger partial charge in [0, 0.05) is 12.1 Å². The van der Waals surface area contributed by atoms with Crippen LogP contribution in [0.1, 0.15) is 5.56 Å². The average Bonchev–Trinajstić information content (AvgIpc) is 2.15. The van der Waals surface area contributed by atoms with Gasteiger partial charge in [-0.05, 0) is 13.1 Å². The normalized spacial score (nSPS) is 10.3. The summed E-state index contributed by atoms with van der Waals surface area (Å²) in [5, 5.41) is 12.0. The molecule has 0 aliphatic heterocycles. The lowest BCUT2D eigenvalue weighted by atomic mass is 10.1. The molecule has 0 aliphatic rings. The molecule has 5 heteroatoms. The molecule has 0 amide bonds. The lowest BCUT2D eigenvalue weighted by Crippen LogP contribution is -2.07. The Bertz CT molecular complexity index is 342. The second kappa shape index (κ2) is 4.23. The van der Waals surface area contributed by atoms with Crippen LogP contribution in [0.15, 0.2) is 6.07 Å². The van der Waals surface area contributed by atoms with Crippen LogP contribution in [-0.2, 0) is 6.54 Å². The van der Waals surface area contributed by atoms with Crippen LogP contribution in [0.5, 0.6) is 11.5 Å². The van der Waals surface area contributed by atoms with Crippen molar-refractivity contribution < 1.29 is 18.6 Å². The molecule has 1 aromatic carbocycles. The van der Waals surface area contributed by atoms with E-state index in [-0.39, 0.29) is 12.1 Å². The van der Waals surface area contributed by atoms with Gasteiger partial charge in [0.1, 0.15) is 0 Å². The van der Waals surface area contributed by atoms with Crippen molar-refractivity contribution in [3.8, 4) is 11.5 Å². The van der Waals surface area contributed by atoms with E-state index in [0.29, 0.717) is 0 Å². The third-order valence-electron chi connectivity index (χ3n) is 1.80. The zero-order valence-electron chi connectivity index (χ0n) is 7.90. The van der Waals surface area contributed by atoms with Crippen LogP contribution in [0.3, 0.4) is 0 Å². The lowest BCUT2D eigenvalue weighted by molar-refractivity contribution is 0.339. The highest BCUT2D eigenvalue weighted by atomic mass is 19.1. The van der Waals surface area contributed by atoms with E-state index in [9.17, 15) is 13.9 Å². The first kappa shape index (κ1) is 10.7. The summed E-state index contributed by atoms with van der Waals surface area (Å²) >= 11 is 0. The molecule has 0 radical (unpaired) electrons. The van der Waals surface area contributed by atoms with Crippen molar-refractivity contribution in [2.24, 2.45) is 0 Å². The van der Waals surface area contributed by atoms with Crippen molar-refractivity contribution in [3.05, 3.63) is 23.3 Å². The summed E-state index contributed by atoms with van der Waals surface area (Å²) in [5.41, 5.74) is 0.156. The molecule has 0 atom stereocenters. The van der Waals surface area contributed by atoms with E-state index in [1.807, 2.05) is 0 Å². The molecule has 78 valence electrons. The predicted molar refractivity (Wildman–Crippen MR) is 47.3 cm³/mol. The third kappa shape index (κ3) is 1.77. The molecule has 1 rings (SSSR count). The fourth-order valence-corrected chi connectivity index (χ4v) is 1.15. The van der Waals surface area contributed by atoms with E-state index in [1.54, 1.807) is 7.05 Å². The van der Waals surface area contributed by atoms with Gasteiger partial charge in [-0.1, -0.05) is 0 Å². The number of phenolic OH excluding ortho intramolecular Hbond substituents is 1. The third-order valence-corrected chi connectivity index (χ3v) is 1.80. The molecule has 2 N–H and O–H groups in total. The van der Waals surface area contributed by atoms with Gasteiger partial charge in [-0.3, -0.25) is 0 Å². The first-order valence-corrected chi connectivity index (χ1v) is 4.00. The number of methoxy groups -OCH3 is 1. The summed E-state index contributed by atoms with van der Waals surface area (Å²) in [5.74, 6) is -3.05. The van der Waals surface area contributed by atoms with E-state index >= 15 is 0 Å². The number of aromatic hydroxyl groups is 1. The Labute approximate surface area is 80.3 Å². The van der Waals surface area contributed by atoms with Crippen LogP contribution >= 0.6 is 0 Å². The van der Waals surface area contributed by atoms with Crippen molar-refractivity contribution >= 4 is 0 Å². The monoisotopic (exact) mass is 203 g/mol. The van der Waals surface area contributed by atoms with Gasteiger partial charge in [0.15, 0.2) is 17.3 Å². The fourth-order valence-electron chi connectivity index (χ4n) is 1.15. The summed E-state index contributed by atoms with van der Waals surface area (Å²) in [4.78, 5) is 0. The van der Waals surface area contributed by atoms with Crippen molar-refractivity contribution in [3.63, 3.8) is 0 Å². The molecule has 0 aliphatic carbocycles. The molecular formula is C9H11F2NO2. The van der Waals surface area contributed by atoms with E-state index in [4.69, 9.17) is 0 Å². The smallest absolute Gasteiger partial charge is 0.209 e. The molecule has 0 unspecified atom stereocenters. The van der Waals surface area contributed by atoms with Crippen LogP contribution in [0.2, 0.25) is 0 Å². The Morgan fingerprint density at radius 3 is 2.64 bits per heavy atom. The van der Waals surface area contributed by atoms with E-state index < -0.39 is 23.1 Å². The van der Waals surface area contributed by atoms with Gasteiger partial charge < -0.3 is 15.2 Å². The fraction of sp³-hybridized carbons (Fsp3) is 0.333. The predicted octanol–water partition coefficient (Wildman–Crippen LogP) is 1.40. The van der Waals surface area contributed by atoms with Crippen molar-refractivity contribution in [2.75, 3.05) is 14.2 Å². The van der Waals surface area contributed by atoms with E-state index in [0.717, 1.165) is 13.2 Å². The Hall–Kier alpha value is -1.36. The molecule has 1 aromatic rings. The van der Waals surface area contributed by atoms with E-state index in [1.165, 1.54) is 0 Å². The summed E-state index contributed by atoms with van der Waals surface area (Å²) in [6, 6.07) is 1.04. The molecule has 0 heterocycles. The minimum Gasteiger partial charge on any atom is -0.504 e. The molecule has 0 aromatic heterocycles. The number of benzene rings is 1. The Balaban J connectivity index is 3.25. The lowest BCUT2D eigenvalue weighted by Gasteiger charge is -2.09. The SMILES string of the molecule is CNCc1cc(F)c(OC)c(F)c1O. The van der Waals surface area contributed by atoms with Crippen LogP contribution in [0.25, 0.3) is 0 Å². The molecule has 0 saturated carbocycles. The molecule has 0 spiro atoms. The first-order chi connectivity index (χ1) is 6.61. The average molecular weight is 203 g/mol. The standard InChI is InChI=1S/C9H11F2NO2/c1-12-4-5-3-6(10)9(14-2)7(11)8(5)13/h3,12-13H,4H2,1-2H3. The number of nitrogens with one attached hydrogen (secondary N) is 1. The first-order valence-electron chi connectivity index (χ1n) is 4.00. The Morgan fingerprint density at radius 2 is 2.14 bits per heavy atom. The van der Waals surface area contributed by atoms with Gasteiger partial charge >= 0.3 is 0 Å². The Morgan fingerprint density at radius 1 is 1.50 bits per heavy atom. The van der Waals surface area contributed by atoms with Gasteiger partial charge in [0.25, 0.3) is 0 Å². The Kier molecular flexibility index (Phi) is 3.24. The highest BCUT2D eigenvalue weighted by molar-refractivity contribution is 5.42. The van der Waals surface area contributed by atoms with Gasteiger partial charge in [-0.15, -0.1) is 0 Å². The zero-order valence-corrected chi connectivity index (χ0v) is 7.90. The number of hydrogen-bond donors (Lipinski definition) is 2. The summed E-state index contributed by atoms with van der Waals surface area (Å²) < 4.78 is 30.8. The van der Waals surface area contributed by atoms with Crippen LogP contribution in [0, 0.1) is 11.6 Å². The minimum atomic E-state index is -1.07. The highest BCUT2D eigenvalue weighted by Gasteiger charge is 2.17. The highest BCUT2D eigenvalue weighted by Crippen LogP contribution is 2.31.